The first kappa shape index (κ1) is 32.8. The fourth-order valence-electron chi connectivity index (χ4n) is 6.69. The van der Waals surface area contributed by atoms with Crippen LogP contribution in [0.4, 0.5) is 5.95 Å². The monoisotopic (exact) mass is 635 g/mol. The highest BCUT2D eigenvalue weighted by molar-refractivity contribution is 7.92. The van der Waals surface area contributed by atoms with Gasteiger partial charge < -0.3 is 14.4 Å². The number of benzene rings is 2. The van der Waals surface area contributed by atoms with Crippen LogP contribution in [-0.4, -0.2) is 85.1 Å². The number of nitrogens with one attached hydrogen (secondary N) is 1. The van der Waals surface area contributed by atoms with Crippen LogP contribution in [0.15, 0.2) is 53.4 Å². The largest absolute Gasteiger partial charge is 0.475 e. The van der Waals surface area contributed by atoms with E-state index in [0.29, 0.717) is 30.8 Å². The maximum absolute atomic E-state index is 14.5. The van der Waals surface area contributed by atoms with Gasteiger partial charge in [0.05, 0.1) is 23.2 Å². The molecule has 2 aliphatic rings. The van der Waals surface area contributed by atoms with E-state index < -0.39 is 10.0 Å². The fraction of sp³-hybridized carbons (Fsp3) is 0.500. The molecular formula is C34H45N5O5S. The Morgan fingerprint density at radius 1 is 1.09 bits per heavy atom. The van der Waals surface area contributed by atoms with Crippen LogP contribution in [0.25, 0.3) is 11.3 Å². The van der Waals surface area contributed by atoms with Gasteiger partial charge in [0.15, 0.2) is 0 Å². The summed E-state index contributed by atoms with van der Waals surface area (Å²) >= 11 is 0. The second-order valence-corrected chi connectivity index (χ2v) is 14.9. The summed E-state index contributed by atoms with van der Waals surface area (Å²) in [7, 11) is -2.44. The number of aromatic nitrogens is 2. The van der Waals surface area contributed by atoms with Crippen LogP contribution in [0.3, 0.4) is 0 Å². The Kier molecular flexibility index (Phi) is 9.53. The number of fused-ring (bicyclic) bond motifs is 4. The molecule has 45 heavy (non-hydrogen) atoms. The zero-order valence-corrected chi connectivity index (χ0v) is 28.1. The lowest BCUT2D eigenvalue weighted by molar-refractivity contribution is 0.0444. The third-order valence-electron chi connectivity index (χ3n) is 8.83. The van der Waals surface area contributed by atoms with E-state index in [1.165, 1.54) is 12.1 Å². The molecule has 1 amide bonds. The van der Waals surface area contributed by atoms with E-state index in [-0.39, 0.29) is 52.8 Å². The van der Waals surface area contributed by atoms with Gasteiger partial charge in [0, 0.05) is 49.0 Å². The summed E-state index contributed by atoms with van der Waals surface area (Å²) in [5.41, 5.74) is 3.58. The van der Waals surface area contributed by atoms with E-state index in [1.807, 2.05) is 36.9 Å². The summed E-state index contributed by atoms with van der Waals surface area (Å²) < 4.78 is 41.7. The smallest absolute Gasteiger partial charge is 0.264 e. The van der Waals surface area contributed by atoms with Gasteiger partial charge in [-0.1, -0.05) is 38.1 Å². The maximum Gasteiger partial charge on any atom is 0.264 e. The second kappa shape index (κ2) is 13.1. The summed E-state index contributed by atoms with van der Waals surface area (Å²) in [5.74, 6) is 0.192. The highest BCUT2D eigenvalue weighted by Gasteiger charge is 2.44. The number of ether oxygens (including phenoxy) is 2. The molecule has 0 aliphatic carbocycles. The highest BCUT2D eigenvalue weighted by Crippen LogP contribution is 2.35. The molecule has 3 heterocycles. The second-order valence-electron chi connectivity index (χ2n) is 13.2. The summed E-state index contributed by atoms with van der Waals surface area (Å²) in [6.07, 6.45) is 1.45. The van der Waals surface area contributed by atoms with Crippen LogP contribution in [-0.2, 0) is 14.8 Å². The van der Waals surface area contributed by atoms with Crippen molar-refractivity contribution >= 4 is 21.9 Å². The summed E-state index contributed by atoms with van der Waals surface area (Å²) in [5, 5.41) is 0. The Morgan fingerprint density at radius 2 is 1.80 bits per heavy atom. The van der Waals surface area contributed by atoms with Crippen molar-refractivity contribution in [2.45, 2.75) is 76.9 Å². The number of carbonyl (C=O) groups is 1. The van der Waals surface area contributed by atoms with Crippen LogP contribution < -0.4 is 9.46 Å². The quantitative estimate of drug-likeness (QED) is 0.372. The molecule has 1 fully saturated rings. The molecule has 2 atom stereocenters. The fourth-order valence-corrected chi connectivity index (χ4v) is 7.68. The minimum absolute atomic E-state index is 0.0371. The predicted molar refractivity (Wildman–Crippen MR) is 175 cm³/mol. The number of rotatable bonds is 7. The van der Waals surface area contributed by atoms with Gasteiger partial charge in [0.25, 0.3) is 15.9 Å². The lowest BCUT2D eigenvalue weighted by atomic mass is 9.95. The topological polar surface area (TPSA) is 114 Å². The number of hydrogen-bond donors (Lipinski definition) is 1. The van der Waals surface area contributed by atoms with Crippen molar-refractivity contribution in [2.75, 3.05) is 38.1 Å². The average molecular weight is 636 g/mol. The minimum Gasteiger partial charge on any atom is -0.475 e. The van der Waals surface area contributed by atoms with Gasteiger partial charge >= 0.3 is 0 Å². The molecule has 11 heteroatoms. The molecule has 4 bridgehead atoms. The first-order valence-corrected chi connectivity index (χ1v) is 17.1. The molecule has 0 saturated carbocycles. The predicted octanol–water partition coefficient (Wildman–Crippen LogP) is 5.31. The van der Waals surface area contributed by atoms with Crippen LogP contribution >= 0.6 is 0 Å². The molecule has 1 saturated heterocycles. The van der Waals surface area contributed by atoms with Crippen LogP contribution in [0.1, 0.15) is 62.0 Å². The Balaban J connectivity index is 1.65. The molecule has 0 radical (unpaired) electrons. The maximum atomic E-state index is 14.5. The van der Waals surface area contributed by atoms with Gasteiger partial charge in [-0.25, -0.2) is 18.1 Å². The van der Waals surface area contributed by atoms with Crippen molar-refractivity contribution in [1.29, 1.82) is 0 Å². The van der Waals surface area contributed by atoms with Gasteiger partial charge in [0.1, 0.15) is 6.61 Å². The van der Waals surface area contributed by atoms with E-state index >= 15 is 0 Å². The first-order valence-electron chi connectivity index (χ1n) is 15.6. The Bertz CT molecular complexity index is 1640. The summed E-state index contributed by atoms with van der Waals surface area (Å²) in [6.45, 7) is 14.8. The molecule has 3 aromatic rings. The molecule has 10 nitrogen and oxygen atoms in total. The van der Waals surface area contributed by atoms with Crippen molar-refractivity contribution in [1.82, 2.24) is 19.8 Å². The molecule has 0 spiro atoms. The van der Waals surface area contributed by atoms with Gasteiger partial charge in [0.2, 0.25) is 11.8 Å². The normalized spacial score (nSPS) is 21.4. The number of carbonyl (C=O) groups excluding carboxylic acids is 1. The lowest BCUT2D eigenvalue weighted by Gasteiger charge is -2.37. The molecule has 1 unspecified atom stereocenters. The zero-order chi connectivity index (χ0) is 32.5. The van der Waals surface area contributed by atoms with Crippen LogP contribution in [0.2, 0.25) is 0 Å². The minimum atomic E-state index is -4.13. The van der Waals surface area contributed by atoms with Gasteiger partial charge in [-0.2, -0.15) is 4.98 Å². The molecule has 2 aliphatic heterocycles. The average Bonchev–Trinajstić information content (AvgIpc) is 3.26. The van der Waals surface area contributed by atoms with Crippen molar-refractivity contribution in [3.05, 3.63) is 65.2 Å². The van der Waals surface area contributed by atoms with E-state index in [4.69, 9.17) is 9.47 Å². The number of likely N-dealkylation sites (tertiary alicyclic amines) is 1. The van der Waals surface area contributed by atoms with Crippen molar-refractivity contribution in [3.63, 3.8) is 0 Å². The first-order chi connectivity index (χ1) is 21.3. The van der Waals surface area contributed by atoms with Crippen molar-refractivity contribution < 1.29 is 22.7 Å². The Hall–Kier alpha value is -3.54. The van der Waals surface area contributed by atoms with E-state index in [1.54, 1.807) is 25.3 Å². The van der Waals surface area contributed by atoms with Crippen molar-refractivity contribution in [2.24, 2.45) is 5.92 Å². The molecule has 1 aromatic heterocycles. The zero-order valence-electron chi connectivity index (χ0n) is 27.3. The van der Waals surface area contributed by atoms with Crippen molar-refractivity contribution in [3.8, 4) is 17.1 Å². The third kappa shape index (κ3) is 7.15. The van der Waals surface area contributed by atoms with E-state index in [9.17, 15) is 13.2 Å². The number of nitrogens with zero attached hydrogens (tertiary/aromatic N) is 4. The van der Waals surface area contributed by atoms with Crippen LogP contribution in [0, 0.1) is 19.8 Å². The third-order valence-corrected chi connectivity index (χ3v) is 10.2. The van der Waals surface area contributed by atoms with Gasteiger partial charge in [-0.05, 0) is 75.8 Å². The number of sulfonamides is 1. The Morgan fingerprint density at radius 3 is 2.49 bits per heavy atom. The van der Waals surface area contributed by atoms with Crippen LogP contribution in [0.5, 0.6) is 5.88 Å². The number of methoxy groups -OCH3 is 1. The summed E-state index contributed by atoms with van der Waals surface area (Å²) in [6, 6.07) is 13.5. The molecule has 242 valence electrons. The van der Waals surface area contributed by atoms with E-state index in [0.717, 1.165) is 29.7 Å². The molecular weight excluding hydrogens is 590 g/mol. The standard InChI is InChI=1S/C34H45N5O5S/c1-22(2)16-26-21-44-30-18-29(31-23(3)10-8-11-24(31)4)35-33(36-30)37-45(41,42)28-13-9-12-25(17-28)32(40)39(26)27-19-34(5,6)38(20-27)14-15-43-7/h8-13,17-18,22,26-27H,14-16,19-21H2,1-7H3,(H,35,36,37)/t26-,27?/m1/s1. The van der Waals surface area contributed by atoms with Gasteiger partial charge in [-0.3, -0.25) is 9.69 Å². The molecule has 1 N–H and O–H groups in total. The molecule has 2 aromatic carbocycles. The van der Waals surface area contributed by atoms with Gasteiger partial charge in [-0.15, -0.1) is 0 Å². The number of hydrogen-bond acceptors (Lipinski definition) is 8. The molecule has 5 rings (SSSR count). The summed E-state index contributed by atoms with van der Waals surface area (Å²) in [4.78, 5) is 27.9. The lowest BCUT2D eigenvalue weighted by Crippen LogP contribution is -2.51. The number of amides is 1. The van der Waals surface area contributed by atoms with E-state index in [2.05, 4.69) is 47.3 Å². The number of aryl methyl sites for hydroxylation is 2. The highest BCUT2D eigenvalue weighted by atomic mass is 32.2. The SMILES string of the molecule is COCCN1CC(N2C(=O)c3cccc(c3)S(=O)(=O)Nc3nc(cc(-c4c(C)cccc4C)n3)OC[C@H]2CC(C)C)CC1(C)C. The number of anilines is 1. The Labute approximate surface area is 267 Å².